The number of hydrogen-bond donors (Lipinski definition) is 0. The van der Waals surface area contributed by atoms with E-state index in [-0.39, 0.29) is 0 Å². The first-order valence-corrected chi connectivity index (χ1v) is 10.2. The van der Waals surface area contributed by atoms with Crippen molar-refractivity contribution < 1.29 is 4.57 Å². The lowest BCUT2D eigenvalue weighted by Gasteiger charge is -2.17. The van der Waals surface area contributed by atoms with Gasteiger partial charge < -0.3 is 4.57 Å². The second-order valence-electron chi connectivity index (χ2n) is 6.03. The Bertz CT molecular complexity index is 956. The molecule has 0 aliphatic carbocycles. The molecule has 0 bridgehead atoms. The van der Waals surface area contributed by atoms with Gasteiger partial charge >= 0.3 is 0 Å². The molecular formula is C22H19OP. The van der Waals surface area contributed by atoms with Gasteiger partial charge in [-0.2, -0.15) is 0 Å². The molecule has 1 nitrogen and oxygen atoms in total. The molecule has 0 unspecified atom stereocenters. The van der Waals surface area contributed by atoms with Crippen LogP contribution in [0.25, 0.3) is 10.9 Å². The third kappa shape index (κ3) is 2.20. The van der Waals surface area contributed by atoms with Gasteiger partial charge in [0.1, 0.15) is 7.14 Å². The van der Waals surface area contributed by atoms with Crippen LogP contribution in [0.5, 0.6) is 0 Å². The zero-order valence-electron chi connectivity index (χ0n) is 13.6. The van der Waals surface area contributed by atoms with Crippen LogP contribution in [-0.2, 0) is 4.57 Å². The van der Waals surface area contributed by atoms with Crippen LogP contribution in [0, 0.1) is 0 Å². The highest BCUT2D eigenvalue weighted by molar-refractivity contribution is 7.82. The van der Waals surface area contributed by atoms with E-state index in [0.717, 1.165) is 32.9 Å². The maximum Gasteiger partial charge on any atom is 0.144 e. The minimum Gasteiger partial charge on any atom is -0.314 e. The van der Waals surface area contributed by atoms with Crippen LogP contribution in [0.2, 0.25) is 0 Å². The standard InChI is InChI=1S/C22H19OP/c1-2-24(23)20-16-10-9-15-19(20)21(17-11-5-3-6-12-17)22(24)18-13-7-4-8-14-18/h3-16H,2H2,1H3/t24-/m0/s1. The smallest absolute Gasteiger partial charge is 0.144 e. The van der Waals surface area contributed by atoms with Crippen LogP contribution in [0.3, 0.4) is 0 Å². The first kappa shape index (κ1) is 15.2. The van der Waals surface area contributed by atoms with E-state index in [9.17, 15) is 4.57 Å². The molecule has 0 saturated heterocycles. The van der Waals surface area contributed by atoms with Gasteiger partial charge in [-0.05, 0) is 16.7 Å². The lowest BCUT2D eigenvalue weighted by molar-refractivity contribution is 0.588. The van der Waals surface area contributed by atoms with E-state index in [1.807, 2.05) is 61.5 Å². The molecule has 0 spiro atoms. The highest BCUT2D eigenvalue weighted by Crippen LogP contribution is 2.65. The summed E-state index contributed by atoms with van der Waals surface area (Å²) < 4.78 is 14.1. The Morgan fingerprint density at radius 2 is 1.25 bits per heavy atom. The van der Waals surface area contributed by atoms with Crippen molar-refractivity contribution in [3.63, 3.8) is 0 Å². The molecule has 3 aromatic rings. The maximum atomic E-state index is 14.1. The summed E-state index contributed by atoms with van der Waals surface area (Å²) in [5.74, 6) is 0. The topological polar surface area (TPSA) is 17.1 Å². The van der Waals surface area contributed by atoms with Crippen LogP contribution < -0.4 is 5.30 Å². The van der Waals surface area contributed by atoms with Crippen LogP contribution in [-0.4, -0.2) is 6.16 Å². The summed E-state index contributed by atoms with van der Waals surface area (Å²) >= 11 is 0. The van der Waals surface area contributed by atoms with E-state index < -0.39 is 7.14 Å². The predicted molar refractivity (Wildman–Crippen MR) is 103 cm³/mol. The van der Waals surface area contributed by atoms with Gasteiger partial charge in [-0.25, -0.2) is 0 Å². The maximum absolute atomic E-state index is 14.1. The molecule has 0 saturated carbocycles. The highest BCUT2D eigenvalue weighted by Gasteiger charge is 2.40. The Morgan fingerprint density at radius 1 is 0.708 bits per heavy atom. The van der Waals surface area contributed by atoms with Crippen molar-refractivity contribution >= 4 is 23.3 Å². The number of hydrogen-bond acceptors (Lipinski definition) is 1. The number of benzene rings is 3. The Kier molecular flexibility index (Phi) is 3.75. The van der Waals surface area contributed by atoms with Crippen LogP contribution in [0.1, 0.15) is 23.6 Å². The fourth-order valence-electron chi connectivity index (χ4n) is 3.60. The fraction of sp³-hybridized carbons (Fsp3) is 0.0909. The SMILES string of the molecule is CC[P@@]1(=O)C(c2ccccc2)=C(c2ccccc2)c2ccccc21. The lowest BCUT2D eigenvalue weighted by Crippen LogP contribution is -2.06. The summed E-state index contributed by atoms with van der Waals surface area (Å²) in [7, 11) is -2.61. The minimum atomic E-state index is -2.61. The molecule has 118 valence electrons. The van der Waals surface area contributed by atoms with Crippen molar-refractivity contribution in [1.29, 1.82) is 0 Å². The van der Waals surface area contributed by atoms with Crippen molar-refractivity contribution in [2.24, 2.45) is 0 Å². The van der Waals surface area contributed by atoms with Gasteiger partial charge in [0.05, 0.1) is 0 Å². The van der Waals surface area contributed by atoms with Crippen molar-refractivity contribution in [1.82, 2.24) is 0 Å². The van der Waals surface area contributed by atoms with Gasteiger partial charge in [0.25, 0.3) is 0 Å². The monoisotopic (exact) mass is 330 g/mol. The summed E-state index contributed by atoms with van der Waals surface area (Å²) in [6.07, 6.45) is 0.643. The second kappa shape index (κ2) is 5.92. The van der Waals surface area contributed by atoms with E-state index in [2.05, 4.69) is 30.3 Å². The first-order chi connectivity index (χ1) is 11.8. The number of rotatable bonds is 3. The van der Waals surface area contributed by atoms with Crippen LogP contribution in [0.15, 0.2) is 84.9 Å². The normalized spacial score (nSPS) is 19.4. The zero-order valence-corrected chi connectivity index (χ0v) is 14.5. The molecule has 1 heterocycles. The van der Waals surface area contributed by atoms with E-state index in [1.165, 1.54) is 0 Å². The molecule has 0 fully saturated rings. The van der Waals surface area contributed by atoms with Gasteiger partial charge in [0, 0.05) is 22.4 Å². The molecule has 1 atom stereocenters. The molecule has 24 heavy (non-hydrogen) atoms. The fourth-order valence-corrected chi connectivity index (χ4v) is 6.58. The zero-order chi connectivity index (χ0) is 16.6. The van der Waals surface area contributed by atoms with E-state index in [1.54, 1.807) is 0 Å². The summed E-state index contributed by atoms with van der Waals surface area (Å²) in [6.45, 7) is 2.04. The molecule has 0 radical (unpaired) electrons. The van der Waals surface area contributed by atoms with Crippen molar-refractivity contribution in [3.8, 4) is 0 Å². The van der Waals surface area contributed by atoms with Crippen LogP contribution in [0.4, 0.5) is 0 Å². The lowest BCUT2D eigenvalue weighted by atomic mass is 9.96. The summed E-state index contributed by atoms with van der Waals surface area (Å²) in [5.41, 5.74) is 4.45. The molecule has 2 heteroatoms. The average Bonchev–Trinajstić information content (AvgIpc) is 2.93. The van der Waals surface area contributed by atoms with Crippen molar-refractivity contribution in [2.75, 3.05) is 6.16 Å². The third-order valence-corrected chi connectivity index (χ3v) is 7.98. The summed E-state index contributed by atoms with van der Waals surface area (Å²) in [4.78, 5) is 0. The molecule has 0 aromatic heterocycles. The largest absolute Gasteiger partial charge is 0.314 e. The number of fused-ring (bicyclic) bond motifs is 1. The Labute approximate surface area is 143 Å². The van der Waals surface area contributed by atoms with Gasteiger partial charge in [-0.3, -0.25) is 0 Å². The molecule has 0 N–H and O–H groups in total. The van der Waals surface area contributed by atoms with Gasteiger partial charge in [0.2, 0.25) is 0 Å². The van der Waals surface area contributed by atoms with Gasteiger partial charge in [0.15, 0.2) is 0 Å². The summed E-state index contributed by atoms with van der Waals surface area (Å²) in [6, 6.07) is 28.7. The quantitative estimate of drug-likeness (QED) is 0.569. The van der Waals surface area contributed by atoms with Crippen LogP contribution >= 0.6 is 7.14 Å². The molecule has 1 aliphatic heterocycles. The third-order valence-electron chi connectivity index (χ3n) is 4.72. The molecule has 4 rings (SSSR count). The predicted octanol–water partition coefficient (Wildman–Crippen LogP) is 5.63. The van der Waals surface area contributed by atoms with E-state index in [0.29, 0.717) is 6.16 Å². The second-order valence-corrected chi connectivity index (χ2v) is 9.07. The van der Waals surface area contributed by atoms with Crippen molar-refractivity contribution in [3.05, 3.63) is 102 Å². The highest BCUT2D eigenvalue weighted by atomic mass is 31.2. The average molecular weight is 330 g/mol. The van der Waals surface area contributed by atoms with Gasteiger partial charge in [-0.15, -0.1) is 0 Å². The Balaban J connectivity index is 2.12. The molecule has 1 aliphatic rings. The Hall–Kier alpha value is -2.37. The molecule has 3 aromatic carbocycles. The van der Waals surface area contributed by atoms with E-state index in [4.69, 9.17) is 0 Å². The summed E-state index contributed by atoms with van der Waals surface area (Å²) in [5, 5.41) is 2.02. The molecular weight excluding hydrogens is 311 g/mol. The first-order valence-electron chi connectivity index (χ1n) is 8.30. The van der Waals surface area contributed by atoms with Crippen molar-refractivity contribution in [2.45, 2.75) is 6.92 Å². The van der Waals surface area contributed by atoms with Gasteiger partial charge in [-0.1, -0.05) is 91.9 Å². The van der Waals surface area contributed by atoms with E-state index >= 15 is 0 Å². The Morgan fingerprint density at radius 3 is 1.88 bits per heavy atom. The molecule has 0 amide bonds. The minimum absolute atomic E-state index is 0.643.